The fourth-order valence-electron chi connectivity index (χ4n) is 4.51. The van der Waals surface area contributed by atoms with Crippen LogP contribution in [0.5, 0.6) is 5.75 Å². The van der Waals surface area contributed by atoms with Gasteiger partial charge in [0.05, 0.1) is 47.7 Å². The lowest BCUT2D eigenvalue weighted by Crippen LogP contribution is -2.35. The number of ether oxygens (including phenoxy) is 3. The average Bonchev–Trinajstić information content (AvgIpc) is 2.97. The number of aliphatic imine (C=N–C) groups is 1. The summed E-state index contributed by atoms with van der Waals surface area (Å²) in [5, 5.41) is 4.82. The number of likely N-dealkylation sites (tertiary alicyclic amines) is 1. The van der Waals surface area contributed by atoms with E-state index in [1.54, 1.807) is 12.1 Å². The first kappa shape index (κ1) is 29.7. The summed E-state index contributed by atoms with van der Waals surface area (Å²) < 4.78 is 17.5. The molecule has 2 aliphatic rings. The Morgan fingerprint density at radius 1 is 1.05 bits per heavy atom. The third-order valence-corrected chi connectivity index (χ3v) is 7.89. The minimum Gasteiger partial charge on any atom is -0.493 e. The van der Waals surface area contributed by atoms with Crippen LogP contribution in [-0.2, 0) is 14.3 Å². The van der Waals surface area contributed by atoms with Crippen LogP contribution >= 0.6 is 35.0 Å². The monoisotopic (exact) mass is 591 g/mol. The molecule has 10 heteroatoms. The third-order valence-electron chi connectivity index (χ3n) is 6.56. The molecule has 2 aromatic rings. The molecule has 0 aromatic heterocycles. The number of para-hydroxylation sites is 1. The van der Waals surface area contributed by atoms with E-state index in [4.69, 9.17) is 42.4 Å². The molecule has 0 amide bonds. The minimum absolute atomic E-state index is 0.214. The van der Waals surface area contributed by atoms with E-state index in [2.05, 4.69) is 10.2 Å². The molecule has 1 unspecified atom stereocenters. The minimum atomic E-state index is -0.600. The van der Waals surface area contributed by atoms with E-state index in [1.165, 1.54) is 31.0 Å². The first-order chi connectivity index (χ1) is 19.0. The highest BCUT2D eigenvalue weighted by atomic mass is 35.5. The Labute approximate surface area is 244 Å². The molecular weight excluding hydrogens is 557 g/mol. The second kappa shape index (κ2) is 15.5. The Morgan fingerprint density at radius 2 is 1.85 bits per heavy atom. The first-order valence-electron chi connectivity index (χ1n) is 13.3. The number of nitrogens with zero attached hydrogens (tertiary/aromatic N) is 2. The highest BCUT2D eigenvalue weighted by Crippen LogP contribution is 2.35. The Hall–Kier alpha value is -2.23. The predicted molar refractivity (Wildman–Crippen MR) is 159 cm³/mol. The Balaban J connectivity index is 1.45. The van der Waals surface area contributed by atoms with Crippen molar-refractivity contribution in [3.8, 4) is 5.75 Å². The lowest BCUT2D eigenvalue weighted by atomic mass is 9.96. The van der Waals surface area contributed by atoms with Gasteiger partial charge in [0.15, 0.2) is 5.17 Å². The van der Waals surface area contributed by atoms with E-state index in [9.17, 15) is 4.79 Å². The molecule has 2 aromatic carbocycles. The number of carbonyl (C=O) groups excluding carboxylic acids is 1. The SMILES string of the molecule is CSC1=NC(c2ccc(Cl)c(Cl)c2)C(C(=O)OCCCOc2ccccc2)=C(COCCN2CCCCC2)N1. The zero-order valence-corrected chi connectivity index (χ0v) is 24.5. The normalized spacial score (nSPS) is 17.9. The zero-order valence-electron chi connectivity index (χ0n) is 22.2. The van der Waals surface area contributed by atoms with Gasteiger partial charge >= 0.3 is 5.97 Å². The molecule has 7 nitrogen and oxygen atoms in total. The molecule has 39 heavy (non-hydrogen) atoms. The molecular formula is C29H35Cl2N3O4S. The molecule has 0 aliphatic carbocycles. The van der Waals surface area contributed by atoms with Crippen molar-refractivity contribution in [2.75, 3.05) is 52.3 Å². The summed E-state index contributed by atoms with van der Waals surface area (Å²) in [4.78, 5) is 20.7. The van der Waals surface area contributed by atoms with Crippen molar-refractivity contribution in [3.63, 3.8) is 0 Å². The number of rotatable bonds is 12. The van der Waals surface area contributed by atoms with Crippen molar-refractivity contribution in [2.24, 2.45) is 4.99 Å². The zero-order chi connectivity index (χ0) is 27.5. The van der Waals surface area contributed by atoms with Gasteiger partial charge in [-0.05, 0) is 62.0 Å². The molecule has 1 fully saturated rings. The summed E-state index contributed by atoms with van der Waals surface area (Å²) in [6.45, 7) is 4.56. The summed E-state index contributed by atoms with van der Waals surface area (Å²) in [7, 11) is 0. The van der Waals surface area contributed by atoms with Crippen molar-refractivity contribution >= 4 is 46.1 Å². The van der Waals surface area contributed by atoms with Gasteiger partial charge < -0.3 is 24.4 Å². The molecule has 0 spiro atoms. The summed E-state index contributed by atoms with van der Waals surface area (Å²) in [5.74, 6) is 0.336. The van der Waals surface area contributed by atoms with Crippen LogP contribution in [0.4, 0.5) is 0 Å². The maximum atomic E-state index is 13.5. The van der Waals surface area contributed by atoms with Crippen molar-refractivity contribution < 1.29 is 19.0 Å². The van der Waals surface area contributed by atoms with Gasteiger partial charge in [-0.1, -0.05) is 65.7 Å². The number of halogens is 2. The van der Waals surface area contributed by atoms with Crippen LogP contribution in [0.3, 0.4) is 0 Å². The van der Waals surface area contributed by atoms with Gasteiger partial charge in [0, 0.05) is 13.0 Å². The number of esters is 1. The van der Waals surface area contributed by atoms with Crippen LogP contribution in [-0.4, -0.2) is 68.4 Å². The summed E-state index contributed by atoms with van der Waals surface area (Å²) in [5.41, 5.74) is 1.81. The van der Waals surface area contributed by atoms with Crippen LogP contribution in [0.25, 0.3) is 0 Å². The van der Waals surface area contributed by atoms with Gasteiger partial charge in [-0.15, -0.1) is 0 Å². The lowest BCUT2D eigenvalue weighted by molar-refractivity contribution is -0.139. The van der Waals surface area contributed by atoms with Crippen molar-refractivity contribution in [1.82, 2.24) is 10.2 Å². The summed E-state index contributed by atoms with van der Waals surface area (Å²) >= 11 is 14.0. The Kier molecular flexibility index (Phi) is 11.8. The molecule has 2 heterocycles. The van der Waals surface area contributed by atoms with Crippen molar-refractivity contribution in [3.05, 3.63) is 75.4 Å². The van der Waals surface area contributed by atoms with Crippen molar-refractivity contribution in [1.29, 1.82) is 0 Å². The maximum Gasteiger partial charge on any atom is 0.338 e. The molecule has 1 N–H and O–H groups in total. The van der Waals surface area contributed by atoms with Crippen LogP contribution < -0.4 is 10.1 Å². The molecule has 0 bridgehead atoms. The number of amidine groups is 1. The van der Waals surface area contributed by atoms with Crippen LogP contribution in [0.15, 0.2) is 64.8 Å². The molecule has 0 saturated carbocycles. The quantitative estimate of drug-likeness (QED) is 0.235. The van der Waals surface area contributed by atoms with Crippen LogP contribution in [0.1, 0.15) is 37.3 Å². The average molecular weight is 593 g/mol. The topological polar surface area (TPSA) is 72.4 Å². The number of thioether (sulfide) groups is 1. The van der Waals surface area contributed by atoms with Gasteiger partial charge in [0.25, 0.3) is 0 Å². The van der Waals surface area contributed by atoms with E-state index >= 15 is 0 Å². The maximum absolute atomic E-state index is 13.5. The molecule has 1 saturated heterocycles. The number of nitrogens with one attached hydrogen (secondary N) is 1. The van der Waals surface area contributed by atoms with Gasteiger partial charge in [0.1, 0.15) is 11.8 Å². The van der Waals surface area contributed by atoms with E-state index in [0.717, 1.165) is 30.9 Å². The van der Waals surface area contributed by atoms with Gasteiger partial charge in [-0.3, -0.25) is 0 Å². The predicted octanol–water partition coefficient (Wildman–Crippen LogP) is 6.13. The van der Waals surface area contributed by atoms with Gasteiger partial charge in [-0.25, -0.2) is 9.79 Å². The number of carbonyl (C=O) groups is 1. The van der Waals surface area contributed by atoms with Crippen molar-refractivity contribution in [2.45, 2.75) is 31.7 Å². The smallest absolute Gasteiger partial charge is 0.338 e. The van der Waals surface area contributed by atoms with Gasteiger partial charge in [0.2, 0.25) is 0 Å². The summed E-state index contributed by atoms with van der Waals surface area (Å²) in [6.07, 6.45) is 6.25. The standard InChI is InChI=1S/C29H35Cl2N3O4S/c1-39-29-32-25(20-36-18-15-34-13-6-3-7-14-34)26(27(33-29)21-11-12-23(30)24(31)19-21)28(35)38-17-8-16-37-22-9-4-2-5-10-22/h2,4-5,9-12,19,27H,3,6-8,13-18,20H2,1H3,(H,32,33). The van der Waals surface area contributed by atoms with E-state index in [0.29, 0.717) is 46.1 Å². The summed E-state index contributed by atoms with van der Waals surface area (Å²) in [6, 6.07) is 14.3. The lowest BCUT2D eigenvalue weighted by Gasteiger charge is -2.28. The Bertz CT molecular complexity index is 1160. The number of benzene rings is 2. The largest absolute Gasteiger partial charge is 0.493 e. The second-order valence-corrected chi connectivity index (χ2v) is 10.9. The molecule has 210 valence electrons. The fourth-order valence-corrected chi connectivity index (χ4v) is 5.25. The second-order valence-electron chi connectivity index (χ2n) is 9.34. The van der Waals surface area contributed by atoms with Crippen LogP contribution in [0.2, 0.25) is 10.0 Å². The molecule has 1 atom stereocenters. The van der Waals surface area contributed by atoms with E-state index in [1.807, 2.05) is 42.7 Å². The highest BCUT2D eigenvalue weighted by Gasteiger charge is 2.32. The number of hydrogen-bond donors (Lipinski definition) is 1. The fraction of sp³-hybridized carbons (Fsp3) is 0.448. The molecule has 4 rings (SSSR count). The first-order valence-corrected chi connectivity index (χ1v) is 15.2. The van der Waals surface area contributed by atoms with E-state index < -0.39 is 12.0 Å². The molecule has 0 radical (unpaired) electrons. The van der Waals surface area contributed by atoms with Gasteiger partial charge in [-0.2, -0.15) is 0 Å². The van der Waals surface area contributed by atoms with E-state index in [-0.39, 0.29) is 13.2 Å². The molecule has 2 aliphatic heterocycles. The highest BCUT2D eigenvalue weighted by molar-refractivity contribution is 8.13. The number of piperidine rings is 1. The number of hydrogen-bond acceptors (Lipinski definition) is 8. The van der Waals surface area contributed by atoms with Crippen LogP contribution in [0, 0.1) is 0 Å². The Morgan fingerprint density at radius 3 is 2.59 bits per heavy atom. The third kappa shape index (κ3) is 8.88.